The van der Waals surface area contributed by atoms with E-state index in [1.807, 2.05) is 0 Å². The van der Waals surface area contributed by atoms with Crippen molar-refractivity contribution in [1.82, 2.24) is 19.9 Å². The Hall–Kier alpha value is -3.60. The molecule has 2 aliphatic rings. The molecule has 0 radical (unpaired) electrons. The van der Waals surface area contributed by atoms with E-state index in [0.717, 1.165) is 0 Å². The van der Waals surface area contributed by atoms with Crippen LogP contribution in [-0.4, -0.2) is 173 Å². The minimum absolute atomic E-state index is 0.319. The molecule has 738 valence electrons. The zero-order chi connectivity index (χ0) is 94.0. The van der Waals surface area contributed by atoms with Gasteiger partial charge in [-0.25, -0.2) is 9.97 Å². The molecule has 9 nitrogen and oxygen atoms in total. The van der Waals surface area contributed by atoms with Crippen molar-refractivity contribution in [3.63, 3.8) is 0 Å². The van der Waals surface area contributed by atoms with Gasteiger partial charge in [0.15, 0.2) is 0 Å². The molecule has 2 N–H and O–H groups in total. The predicted molar refractivity (Wildman–Crippen MR) is 574 cm³/mol. The van der Waals surface area contributed by atoms with Gasteiger partial charge in [0.2, 0.25) is 0 Å². The molecule has 0 aliphatic carbocycles. The van der Waals surface area contributed by atoms with Crippen LogP contribution in [0.5, 0.6) is 0 Å². The topological polar surface area (TPSA) is 57.4 Å². The van der Waals surface area contributed by atoms with Crippen molar-refractivity contribution in [2.45, 2.75) is 518 Å². The van der Waals surface area contributed by atoms with Crippen LogP contribution in [0.4, 0.5) is 0 Å². The summed E-state index contributed by atoms with van der Waals surface area (Å²) in [7, 11) is 0. The highest BCUT2D eigenvalue weighted by Crippen LogP contribution is 2.50. The Labute approximate surface area is 798 Å². The molecule has 5 rings (SSSR count). The van der Waals surface area contributed by atoms with Crippen LogP contribution in [0.25, 0.3) is 44.4 Å². The summed E-state index contributed by atoms with van der Waals surface area (Å²) in [5, 5.41) is 0. The van der Waals surface area contributed by atoms with Crippen LogP contribution >= 0.6 is 0 Å². The molecule has 3 aromatic heterocycles. The van der Waals surface area contributed by atoms with E-state index in [0.29, 0.717) is 23.7 Å². The van der Waals surface area contributed by atoms with Gasteiger partial charge in [-0.05, 0) is 303 Å². The van der Waals surface area contributed by atoms with Crippen LogP contribution in [0.1, 0.15) is 558 Å². The van der Waals surface area contributed by atoms with Gasteiger partial charge in [0.05, 0.1) is 154 Å². The number of allylic oxidation sites excluding steroid dienone is 4. The Morgan fingerprint density at radius 2 is 0.305 bits per heavy atom. The number of quaternary nitrogens is 5. The lowest BCUT2D eigenvalue weighted by Gasteiger charge is -2.40. The largest absolute Gasteiger partial charge is 0.354 e. The van der Waals surface area contributed by atoms with Gasteiger partial charge >= 0.3 is 0 Å². The molecule has 0 amide bonds. The Kier molecular flexibility index (Phi) is 56.5. The van der Waals surface area contributed by atoms with E-state index in [-0.39, 0.29) is 0 Å². The molecule has 1 atom stereocenters. The highest BCUT2D eigenvalue weighted by Gasteiger charge is 2.39. The van der Waals surface area contributed by atoms with Gasteiger partial charge in [-0.1, -0.05) is 259 Å². The summed E-state index contributed by atoms with van der Waals surface area (Å²) in [6.45, 7) is 91.1. The van der Waals surface area contributed by atoms with Crippen LogP contribution in [0.15, 0.2) is 0 Å². The molecule has 0 saturated carbocycles. The molecule has 2 aliphatic heterocycles. The van der Waals surface area contributed by atoms with Gasteiger partial charge < -0.3 is 32.4 Å². The van der Waals surface area contributed by atoms with Crippen molar-refractivity contribution in [2.75, 3.05) is 131 Å². The van der Waals surface area contributed by atoms with Crippen LogP contribution < -0.4 is 0 Å². The molecule has 9 heteroatoms. The second kappa shape index (κ2) is 62.9. The average Bonchev–Trinajstić information content (AvgIpc) is 1.58. The zero-order valence-electron chi connectivity index (χ0n) is 91.2. The number of unbranched alkanes of at least 4 members (excludes halogenated alkanes) is 18. The van der Waals surface area contributed by atoms with Gasteiger partial charge in [0.1, 0.15) is 0 Å². The maximum absolute atomic E-state index is 6.73. The van der Waals surface area contributed by atoms with E-state index in [1.54, 1.807) is 16.7 Å². The highest BCUT2D eigenvalue weighted by molar-refractivity contribution is 5.98. The first-order chi connectivity index (χ1) is 61.9. The van der Waals surface area contributed by atoms with Gasteiger partial charge in [-0.15, -0.1) is 0 Å². The molecular formula is C119H222N9+5. The molecule has 0 spiro atoms. The predicted octanol–water partition coefficient (Wildman–Crippen LogP) is 35.3. The average molecular weight is 1780 g/mol. The molecule has 1 unspecified atom stereocenters. The lowest BCUT2D eigenvalue weighted by Crippen LogP contribution is -2.51. The van der Waals surface area contributed by atoms with Gasteiger partial charge in [-0.2, -0.15) is 0 Å². The molecular weight excluding hydrogens is 1560 g/mol. The fraction of sp³-hybridized carbons (Fsp3) is 0.832. The minimum Gasteiger partial charge on any atom is -0.354 e. The van der Waals surface area contributed by atoms with Crippen molar-refractivity contribution in [2.24, 2.45) is 0 Å². The molecule has 5 heterocycles. The molecule has 8 bridgehead atoms. The third kappa shape index (κ3) is 34.0. The molecule has 0 fully saturated rings. The molecule has 3 aromatic rings. The van der Waals surface area contributed by atoms with Gasteiger partial charge in [0, 0.05) is 44.3 Å². The maximum Gasteiger partial charge on any atom is 0.0786 e. The summed E-state index contributed by atoms with van der Waals surface area (Å²) < 4.78 is 6.49. The maximum atomic E-state index is 6.73. The van der Waals surface area contributed by atoms with E-state index in [9.17, 15) is 0 Å². The first-order valence-corrected chi connectivity index (χ1v) is 57.4. The van der Waals surface area contributed by atoms with Gasteiger partial charge in [0.25, 0.3) is 0 Å². The van der Waals surface area contributed by atoms with Crippen molar-refractivity contribution >= 4 is 44.4 Å². The fourth-order valence-electron chi connectivity index (χ4n) is 24.0. The lowest BCUT2D eigenvalue weighted by molar-refractivity contribution is -0.929. The summed E-state index contributed by atoms with van der Waals surface area (Å²) in [6, 6.07) is 0. The van der Waals surface area contributed by atoms with Crippen molar-refractivity contribution < 1.29 is 22.4 Å². The first-order valence-electron chi connectivity index (χ1n) is 57.4. The quantitative estimate of drug-likeness (QED) is 0.0554. The van der Waals surface area contributed by atoms with E-state index in [2.05, 4.69) is 180 Å². The van der Waals surface area contributed by atoms with Crippen molar-refractivity contribution in [3.05, 3.63) is 67.3 Å². The number of aromatic amines is 2. The number of rotatable bonds is 78. The molecule has 128 heavy (non-hydrogen) atoms. The van der Waals surface area contributed by atoms with Crippen molar-refractivity contribution in [1.29, 1.82) is 0 Å². The monoisotopic (exact) mass is 1780 g/mol. The summed E-state index contributed by atoms with van der Waals surface area (Å²) in [5.74, 6) is 1.33. The summed E-state index contributed by atoms with van der Waals surface area (Å²) in [4.78, 5) is 23.2. The Balaban J connectivity index is 2.32. The Morgan fingerprint density at radius 3 is 0.477 bits per heavy atom. The standard InChI is InChI=1S/C119H222N9/c1-27-45-68-104(69-46-28-2)108-112-96(19)100(23)116(120-112)110(106(72-64-92-125(79-51-33-7,80-52-34-8)81-53-35-9)73-65-93-126(82-54-36-10,83-55-37-11)84-56-38-12)118-102(25)98(21)114(122-118)109(105(70-47-29-3)71-63-91-124(76-48-30-4,77-49-31-5)78-50-32-6)115-99(22)103(26)119(123-115)111(117-101(24)97(20)113(108)121-117)107(74-66-94-127(85-57-39-13,86-58-40-14)87-59-41-15)75-67-95-128(88-60-42-16,89-61-43-17)90-62-44-18/h104-107,122-123H,27-95H2,1-26H3/q+5. The van der Waals surface area contributed by atoms with Crippen LogP contribution in [-0.2, 0) is 0 Å². The highest BCUT2D eigenvalue weighted by atomic mass is 15.4. The van der Waals surface area contributed by atoms with Gasteiger partial charge in [-0.3, -0.25) is 0 Å². The first kappa shape index (κ1) is 115. The number of nitrogens with zero attached hydrogens (tertiary/aromatic N) is 7. The number of hydrogen-bond acceptors (Lipinski definition) is 2. The second-order valence-corrected chi connectivity index (χ2v) is 43.4. The number of aryl methyl sites for hydroxylation is 4. The van der Waals surface area contributed by atoms with Crippen LogP contribution in [0, 0.1) is 27.7 Å². The van der Waals surface area contributed by atoms with E-state index in [4.69, 9.17) is 19.9 Å². The lowest BCUT2D eigenvalue weighted by atomic mass is 9.83. The number of fused-ring (bicyclic) bond motifs is 8. The van der Waals surface area contributed by atoms with Crippen LogP contribution in [0.3, 0.4) is 0 Å². The molecule has 0 saturated heterocycles. The van der Waals surface area contributed by atoms with Crippen LogP contribution in [0.2, 0.25) is 0 Å². The Morgan fingerprint density at radius 1 is 0.172 bits per heavy atom. The minimum atomic E-state index is 0.319. The third-order valence-electron chi connectivity index (χ3n) is 33.3. The van der Waals surface area contributed by atoms with Crippen molar-refractivity contribution in [3.8, 4) is 0 Å². The SMILES string of the molecule is CCCCC(CCCC)c1c2nc(c(C(CCC[N+](CCCC)(CCCC)CCCC)CCC[N+](CCCC)(CCCC)CCCC)c3[nH]c(c(C)c3C)c(C(CCCC)CCC[N+](CCCC)(CCCC)CCCC)c3[nH]c(c(C)c3C)c(C(CCC[N+](CCCC)(CCCC)CCCC)CCC[N+](CCCC)(CCCC)CCCC)c3nc1C(C)=C3C)C(C)=C2C. The third-order valence-corrected chi connectivity index (χ3v) is 33.3. The fourth-order valence-corrected chi connectivity index (χ4v) is 24.0. The zero-order valence-corrected chi connectivity index (χ0v) is 91.2. The smallest absolute Gasteiger partial charge is 0.0786 e. The van der Waals surface area contributed by atoms with E-state index >= 15 is 0 Å². The normalized spacial score (nSPS) is 13.6. The Bertz CT molecular complexity index is 3340. The molecule has 0 aromatic carbocycles. The summed E-state index contributed by atoms with van der Waals surface area (Å²) in [6.07, 6.45) is 62.0. The number of H-pyrrole nitrogens is 2. The van der Waals surface area contributed by atoms with E-state index < -0.39 is 0 Å². The number of aromatic nitrogens is 4. The second-order valence-electron chi connectivity index (χ2n) is 43.4. The summed E-state index contributed by atoms with van der Waals surface area (Å²) >= 11 is 0. The number of nitrogens with one attached hydrogen (secondary N) is 2. The summed E-state index contributed by atoms with van der Waals surface area (Å²) in [5.41, 5.74) is 28.6. The van der Waals surface area contributed by atoms with E-state index in [1.165, 1.54) is 563 Å². The number of hydrogen-bond donors (Lipinski definition) is 2.